The highest BCUT2D eigenvalue weighted by Crippen LogP contribution is 2.31. The molecule has 0 saturated carbocycles. The van der Waals surface area contributed by atoms with Gasteiger partial charge >= 0.3 is 6.18 Å². The lowest BCUT2D eigenvalue weighted by molar-refractivity contribution is -0.137. The topological polar surface area (TPSA) is 21.6 Å². The maximum Gasteiger partial charge on any atom is 0.416 e. The average Bonchev–Trinajstić information content (AvgIpc) is 2.17. The van der Waals surface area contributed by atoms with Gasteiger partial charge in [-0.1, -0.05) is 17.3 Å². The standard InChI is InChI=1S/C10H9F3NO/c1-7(15-14-2)8-4-3-5-9(6-8)10(11,12)13/h2-7H,1H3. The summed E-state index contributed by atoms with van der Waals surface area (Å²) in [5, 5.41) is 2.92. The molecule has 1 radical (unpaired) electrons. The molecule has 1 unspecified atom stereocenters. The number of hydrogen-bond acceptors (Lipinski definition) is 2. The van der Waals surface area contributed by atoms with Crippen LogP contribution in [0.2, 0.25) is 0 Å². The molecule has 0 aliphatic carbocycles. The molecule has 0 spiro atoms. The van der Waals surface area contributed by atoms with Crippen molar-refractivity contribution in [3.8, 4) is 0 Å². The Balaban J connectivity index is 2.97. The molecule has 0 aliphatic rings. The monoisotopic (exact) mass is 216 g/mol. The van der Waals surface area contributed by atoms with Gasteiger partial charge < -0.3 is 4.84 Å². The second-order valence-electron chi connectivity index (χ2n) is 2.98. The van der Waals surface area contributed by atoms with Crippen LogP contribution in [0.5, 0.6) is 0 Å². The van der Waals surface area contributed by atoms with E-state index in [0.717, 1.165) is 12.1 Å². The van der Waals surface area contributed by atoms with Gasteiger partial charge in [0.15, 0.2) is 0 Å². The minimum absolute atomic E-state index is 0.374. The van der Waals surface area contributed by atoms with Crippen LogP contribution in [0.3, 0.4) is 0 Å². The van der Waals surface area contributed by atoms with Crippen LogP contribution in [-0.4, -0.2) is 6.72 Å². The number of hydrogen-bond donors (Lipinski definition) is 0. The van der Waals surface area contributed by atoms with E-state index in [9.17, 15) is 13.2 Å². The fourth-order valence-corrected chi connectivity index (χ4v) is 1.12. The summed E-state index contributed by atoms with van der Waals surface area (Å²) in [6, 6.07) is 4.84. The van der Waals surface area contributed by atoms with E-state index in [2.05, 4.69) is 9.99 Å². The maximum absolute atomic E-state index is 12.3. The van der Waals surface area contributed by atoms with Gasteiger partial charge in [0.05, 0.1) is 12.3 Å². The smallest absolute Gasteiger partial charge is 0.388 e. The van der Waals surface area contributed by atoms with Crippen LogP contribution in [0.25, 0.3) is 0 Å². The summed E-state index contributed by atoms with van der Waals surface area (Å²) < 4.78 is 37.0. The molecule has 0 amide bonds. The highest BCUT2D eigenvalue weighted by Gasteiger charge is 2.30. The lowest BCUT2D eigenvalue weighted by atomic mass is 10.1. The molecule has 2 nitrogen and oxygen atoms in total. The molecule has 0 aliphatic heterocycles. The van der Waals surface area contributed by atoms with Gasteiger partial charge in [0.2, 0.25) is 0 Å². The summed E-state index contributed by atoms with van der Waals surface area (Å²) >= 11 is 0. The van der Waals surface area contributed by atoms with Crippen molar-refractivity contribution in [2.75, 3.05) is 0 Å². The first-order valence-corrected chi connectivity index (χ1v) is 4.18. The zero-order chi connectivity index (χ0) is 11.5. The molecule has 1 rings (SSSR count). The van der Waals surface area contributed by atoms with Gasteiger partial charge in [0.25, 0.3) is 0 Å². The zero-order valence-electron chi connectivity index (χ0n) is 7.95. The summed E-state index contributed by atoms with van der Waals surface area (Å²) in [5.41, 5.74) is -0.341. The van der Waals surface area contributed by atoms with Gasteiger partial charge in [-0.2, -0.15) is 13.2 Å². The Bertz CT molecular complexity index is 349. The van der Waals surface area contributed by atoms with Crippen LogP contribution in [0, 0.1) is 0 Å². The summed E-state index contributed by atoms with van der Waals surface area (Å²) in [4.78, 5) is 4.63. The number of nitrogens with zero attached hydrogens (tertiary/aromatic N) is 1. The van der Waals surface area contributed by atoms with Crippen molar-refractivity contribution in [2.24, 2.45) is 5.16 Å². The summed E-state index contributed by atoms with van der Waals surface area (Å²) in [7, 11) is 0. The van der Waals surface area contributed by atoms with E-state index < -0.39 is 17.8 Å². The van der Waals surface area contributed by atoms with Crippen molar-refractivity contribution in [3.63, 3.8) is 0 Å². The zero-order valence-corrected chi connectivity index (χ0v) is 7.95. The number of alkyl halides is 3. The van der Waals surface area contributed by atoms with Crippen molar-refractivity contribution in [1.29, 1.82) is 0 Å². The third-order valence-corrected chi connectivity index (χ3v) is 1.90. The summed E-state index contributed by atoms with van der Waals surface area (Å²) in [5.74, 6) is 0. The molecule has 1 atom stereocenters. The van der Waals surface area contributed by atoms with Crippen LogP contribution >= 0.6 is 0 Å². The summed E-state index contributed by atoms with van der Waals surface area (Å²) in [6.07, 6.45) is -4.95. The minimum Gasteiger partial charge on any atom is -0.388 e. The normalized spacial score (nSPS) is 13.3. The van der Waals surface area contributed by atoms with Gasteiger partial charge in [-0.15, -0.1) is 0 Å². The van der Waals surface area contributed by atoms with Crippen LogP contribution in [-0.2, 0) is 11.0 Å². The van der Waals surface area contributed by atoms with E-state index in [1.807, 2.05) is 0 Å². The fraction of sp³-hybridized carbons (Fsp3) is 0.300. The Morgan fingerprint density at radius 2 is 2.07 bits per heavy atom. The average molecular weight is 216 g/mol. The van der Waals surface area contributed by atoms with Crippen molar-refractivity contribution in [3.05, 3.63) is 35.4 Å². The van der Waals surface area contributed by atoms with E-state index in [-0.39, 0.29) is 0 Å². The molecular formula is C10H9F3NO. The Hall–Kier alpha value is -1.52. The molecule has 1 aromatic carbocycles. The van der Waals surface area contributed by atoms with E-state index in [1.54, 1.807) is 6.92 Å². The van der Waals surface area contributed by atoms with E-state index in [1.165, 1.54) is 12.1 Å². The lowest BCUT2D eigenvalue weighted by Crippen LogP contribution is -2.06. The Morgan fingerprint density at radius 1 is 1.40 bits per heavy atom. The second kappa shape index (κ2) is 4.33. The first kappa shape index (κ1) is 11.6. The van der Waals surface area contributed by atoms with Crippen molar-refractivity contribution >= 4 is 6.72 Å². The van der Waals surface area contributed by atoms with Gasteiger partial charge in [0, 0.05) is 0 Å². The molecule has 0 fully saturated rings. The summed E-state index contributed by atoms with van der Waals surface area (Å²) in [6.45, 7) is 6.33. The second-order valence-corrected chi connectivity index (χ2v) is 2.98. The predicted molar refractivity (Wildman–Crippen MR) is 49.4 cm³/mol. The van der Waals surface area contributed by atoms with Crippen molar-refractivity contribution in [1.82, 2.24) is 0 Å². The van der Waals surface area contributed by atoms with Crippen molar-refractivity contribution in [2.45, 2.75) is 19.2 Å². The predicted octanol–water partition coefficient (Wildman–Crippen LogP) is 3.28. The molecule has 0 bridgehead atoms. The Labute approximate surface area is 85.4 Å². The number of benzene rings is 1. The van der Waals surface area contributed by atoms with Gasteiger partial charge in [-0.25, -0.2) is 0 Å². The molecular weight excluding hydrogens is 207 g/mol. The van der Waals surface area contributed by atoms with E-state index >= 15 is 0 Å². The van der Waals surface area contributed by atoms with E-state index in [0.29, 0.717) is 5.56 Å². The Morgan fingerprint density at radius 3 is 2.60 bits per heavy atom. The number of rotatable bonds is 3. The van der Waals surface area contributed by atoms with E-state index in [4.69, 9.17) is 6.72 Å². The third kappa shape index (κ3) is 2.97. The first-order chi connectivity index (χ1) is 6.95. The molecule has 5 heteroatoms. The largest absolute Gasteiger partial charge is 0.416 e. The molecule has 0 saturated heterocycles. The molecule has 0 aromatic heterocycles. The van der Waals surface area contributed by atoms with Crippen LogP contribution in [0.1, 0.15) is 24.2 Å². The molecule has 81 valence electrons. The number of halogens is 3. The SMILES string of the molecule is [CH]=NOC(C)c1cccc(C(F)(F)F)c1. The minimum atomic E-state index is -4.35. The van der Waals surface area contributed by atoms with Crippen molar-refractivity contribution < 1.29 is 18.0 Å². The molecule has 15 heavy (non-hydrogen) atoms. The fourth-order valence-electron chi connectivity index (χ4n) is 1.12. The van der Waals surface area contributed by atoms with Crippen LogP contribution < -0.4 is 0 Å². The third-order valence-electron chi connectivity index (χ3n) is 1.90. The molecule has 1 aromatic rings. The first-order valence-electron chi connectivity index (χ1n) is 4.18. The van der Waals surface area contributed by atoms with Gasteiger partial charge in [-0.05, 0) is 24.6 Å². The Kier molecular flexibility index (Phi) is 3.34. The molecule has 0 N–H and O–H groups in total. The van der Waals surface area contributed by atoms with Crippen LogP contribution in [0.4, 0.5) is 13.2 Å². The lowest BCUT2D eigenvalue weighted by Gasteiger charge is -2.12. The van der Waals surface area contributed by atoms with Gasteiger partial charge in [-0.3, -0.25) is 0 Å². The van der Waals surface area contributed by atoms with Gasteiger partial charge in [0.1, 0.15) is 6.10 Å². The quantitative estimate of drug-likeness (QED) is 0.561. The highest BCUT2D eigenvalue weighted by molar-refractivity contribution is 5.27. The maximum atomic E-state index is 12.3. The molecule has 0 heterocycles. The highest BCUT2D eigenvalue weighted by atomic mass is 19.4. The van der Waals surface area contributed by atoms with Crippen LogP contribution in [0.15, 0.2) is 29.4 Å².